The van der Waals surface area contributed by atoms with Crippen LogP contribution in [0.2, 0.25) is 0 Å². The third-order valence-electron chi connectivity index (χ3n) is 2.82. The van der Waals surface area contributed by atoms with Crippen molar-refractivity contribution in [1.82, 2.24) is 15.3 Å². The van der Waals surface area contributed by atoms with Crippen LogP contribution < -0.4 is 16.0 Å². The first-order valence-corrected chi connectivity index (χ1v) is 6.31. The maximum absolute atomic E-state index is 12.2. The molecular formula is C12H19N5O2. The molecule has 1 atom stereocenters. The van der Waals surface area contributed by atoms with Gasteiger partial charge in [0, 0.05) is 18.8 Å². The van der Waals surface area contributed by atoms with Gasteiger partial charge >= 0.3 is 0 Å². The van der Waals surface area contributed by atoms with Crippen LogP contribution in [-0.2, 0) is 9.53 Å². The smallest absolute Gasteiger partial charge is 0.245 e. The molecule has 0 spiro atoms. The van der Waals surface area contributed by atoms with E-state index >= 15 is 0 Å². The molecule has 0 aromatic carbocycles. The minimum Gasteiger partial charge on any atom is -0.377 e. The number of carbonyl (C=O) groups is 1. The number of rotatable bonds is 3. The van der Waals surface area contributed by atoms with Gasteiger partial charge in [0.25, 0.3) is 0 Å². The lowest BCUT2D eigenvalue weighted by Crippen LogP contribution is -2.55. The second kappa shape index (κ2) is 5.83. The Morgan fingerprint density at radius 1 is 1.63 bits per heavy atom. The number of aromatic nitrogens is 2. The Morgan fingerprint density at radius 2 is 2.42 bits per heavy atom. The summed E-state index contributed by atoms with van der Waals surface area (Å²) in [6.45, 7) is 5.37. The van der Waals surface area contributed by atoms with E-state index in [0.29, 0.717) is 25.6 Å². The zero-order chi connectivity index (χ0) is 13.8. The van der Waals surface area contributed by atoms with Gasteiger partial charge in [-0.2, -0.15) is 4.98 Å². The Bertz CT molecular complexity index is 452. The summed E-state index contributed by atoms with van der Waals surface area (Å²) < 4.78 is 5.39. The van der Waals surface area contributed by atoms with E-state index in [1.807, 2.05) is 18.7 Å². The third kappa shape index (κ3) is 3.31. The minimum atomic E-state index is -0.384. The van der Waals surface area contributed by atoms with Crippen molar-refractivity contribution in [3.63, 3.8) is 0 Å². The number of nitrogens with one attached hydrogen (secondary N) is 1. The van der Waals surface area contributed by atoms with Crippen LogP contribution in [-0.4, -0.2) is 47.7 Å². The van der Waals surface area contributed by atoms with E-state index in [0.717, 1.165) is 0 Å². The molecule has 104 valence electrons. The van der Waals surface area contributed by atoms with E-state index in [2.05, 4.69) is 15.3 Å². The van der Waals surface area contributed by atoms with Crippen LogP contribution in [0.5, 0.6) is 0 Å². The van der Waals surface area contributed by atoms with E-state index < -0.39 is 0 Å². The van der Waals surface area contributed by atoms with Crippen molar-refractivity contribution >= 4 is 17.7 Å². The molecule has 1 aliphatic rings. The molecule has 1 aromatic heterocycles. The average Bonchev–Trinajstić information content (AvgIpc) is 2.38. The molecule has 0 bridgehead atoms. The second-order valence-electron chi connectivity index (χ2n) is 4.72. The molecule has 7 nitrogen and oxygen atoms in total. The first-order chi connectivity index (χ1) is 9.08. The van der Waals surface area contributed by atoms with E-state index in [-0.39, 0.29) is 23.9 Å². The van der Waals surface area contributed by atoms with Gasteiger partial charge in [0.1, 0.15) is 11.9 Å². The van der Waals surface area contributed by atoms with Crippen molar-refractivity contribution in [2.24, 2.45) is 0 Å². The topological polar surface area (TPSA) is 93.4 Å². The molecule has 1 amide bonds. The number of nitrogen functional groups attached to an aromatic ring is 1. The molecule has 0 aliphatic carbocycles. The molecule has 2 rings (SSSR count). The Morgan fingerprint density at radius 3 is 3.11 bits per heavy atom. The average molecular weight is 265 g/mol. The highest BCUT2D eigenvalue weighted by Gasteiger charge is 2.30. The molecule has 1 unspecified atom stereocenters. The maximum atomic E-state index is 12.2. The number of nitrogens with zero attached hydrogens (tertiary/aromatic N) is 3. The zero-order valence-electron chi connectivity index (χ0n) is 11.2. The number of carbonyl (C=O) groups excluding carboxylic acids is 1. The highest BCUT2D eigenvalue weighted by Crippen LogP contribution is 2.17. The van der Waals surface area contributed by atoms with Crippen molar-refractivity contribution in [3.05, 3.63) is 12.3 Å². The first-order valence-electron chi connectivity index (χ1n) is 6.31. The van der Waals surface area contributed by atoms with Crippen molar-refractivity contribution in [3.8, 4) is 0 Å². The van der Waals surface area contributed by atoms with Gasteiger partial charge in [0.05, 0.1) is 13.2 Å². The van der Waals surface area contributed by atoms with Crippen molar-refractivity contribution < 1.29 is 9.53 Å². The van der Waals surface area contributed by atoms with E-state index in [1.54, 1.807) is 12.3 Å². The molecule has 19 heavy (non-hydrogen) atoms. The van der Waals surface area contributed by atoms with Gasteiger partial charge in [-0.15, -0.1) is 0 Å². The van der Waals surface area contributed by atoms with Gasteiger partial charge in [-0.05, 0) is 19.9 Å². The molecule has 7 heteroatoms. The lowest BCUT2D eigenvalue weighted by molar-refractivity contribution is -0.125. The van der Waals surface area contributed by atoms with Crippen LogP contribution in [0.15, 0.2) is 12.3 Å². The van der Waals surface area contributed by atoms with Gasteiger partial charge in [-0.3, -0.25) is 4.79 Å². The van der Waals surface area contributed by atoms with Gasteiger partial charge < -0.3 is 20.7 Å². The summed E-state index contributed by atoms with van der Waals surface area (Å²) in [6.07, 6.45) is 1.59. The highest BCUT2D eigenvalue weighted by molar-refractivity contribution is 5.85. The Hall–Kier alpha value is -1.89. The van der Waals surface area contributed by atoms with Gasteiger partial charge in [0.15, 0.2) is 0 Å². The molecule has 1 saturated heterocycles. The molecule has 1 aliphatic heterocycles. The van der Waals surface area contributed by atoms with Crippen LogP contribution in [0.4, 0.5) is 11.8 Å². The summed E-state index contributed by atoms with van der Waals surface area (Å²) in [4.78, 5) is 22.1. The number of hydrogen-bond acceptors (Lipinski definition) is 6. The van der Waals surface area contributed by atoms with Crippen molar-refractivity contribution in [2.45, 2.75) is 25.9 Å². The van der Waals surface area contributed by atoms with E-state index in [1.165, 1.54) is 0 Å². The Balaban J connectivity index is 2.18. The molecule has 1 fully saturated rings. The molecule has 3 N–H and O–H groups in total. The summed E-state index contributed by atoms with van der Waals surface area (Å²) in [5.41, 5.74) is 5.59. The number of hydrogen-bond donors (Lipinski definition) is 2. The maximum Gasteiger partial charge on any atom is 0.245 e. The Kier molecular flexibility index (Phi) is 4.16. The number of nitrogens with two attached hydrogens (primary N) is 1. The summed E-state index contributed by atoms with van der Waals surface area (Å²) >= 11 is 0. The first kappa shape index (κ1) is 13.5. The van der Waals surface area contributed by atoms with Crippen LogP contribution in [0.25, 0.3) is 0 Å². The minimum absolute atomic E-state index is 0.0631. The van der Waals surface area contributed by atoms with Gasteiger partial charge in [-0.25, -0.2) is 4.98 Å². The standard InChI is InChI=1S/C12H19N5O2/c1-8(2)15-11(18)9-7-19-6-5-17(9)10-3-4-14-12(13)16-10/h3-4,8-9H,5-7H2,1-2H3,(H,15,18)(H2,13,14,16). The number of ether oxygens (including phenoxy) is 1. The van der Waals surface area contributed by atoms with Crippen LogP contribution in [0.1, 0.15) is 13.8 Å². The quantitative estimate of drug-likeness (QED) is 0.785. The zero-order valence-corrected chi connectivity index (χ0v) is 11.2. The summed E-state index contributed by atoms with van der Waals surface area (Å²) in [5.74, 6) is 0.790. The number of anilines is 2. The SMILES string of the molecule is CC(C)NC(=O)C1COCCN1c1ccnc(N)n1. The van der Waals surface area contributed by atoms with E-state index in [9.17, 15) is 4.79 Å². The number of amides is 1. The highest BCUT2D eigenvalue weighted by atomic mass is 16.5. The molecular weight excluding hydrogens is 246 g/mol. The third-order valence-corrected chi connectivity index (χ3v) is 2.82. The second-order valence-corrected chi connectivity index (χ2v) is 4.72. The fraction of sp³-hybridized carbons (Fsp3) is 0.583. The summed E-state index contributed by atoms with van der Waals surface area (Å²) in [6, 6.07) is 1.45. The largest absolute Gasteiger partial charge is 0.377 e. The monoisotopic (exact) mass is 265 g/mol. The molecule has 0 radical (unpaired) electrons. The lowest BCUT2D eigenvalue weighted by Gasteiger charge is -2.35. The molecule has 1 aromatic rings. The van der Waals surface area contributed by atoms with E-state index in [4.69, 9.17) is 10.5 Å². The van der Waals surface area contributed by atoms with Gasteiger partial charge in [-0.1, -0.05) is 0 Å². The number of morpholine rings is 1. The lowest BCUT2D eigenvalue weighted by atomic mass is 10.2. The van der Waals surface area contributed by atoms with Crippen molar-refractivity contribution in [2.75, 3.05) is 30.4 Å². The van der Waals surface area contributed by atoms with Crippen molar-refractivity contribution in [1.29, 1.82) is 0 Å². The predicted molar refractivity (Wildman–Crippen MR) is 71.7 cm³/mol. The Labute approximate surface area is 112 Å². The molecule has 0 saturated carbocycles. The fourth-order valence-corrected chi connectivity index (χ4v) is 2.00. The molecule has 2 heterocycles. The van der Waals surface area contributed by atoms with Crippen LogP contribution >= 0.6 is 0 Å². The normalized spacial score (nSPS) is 19.5. The fourth-order valence-electron chi connectivity index (χ4n) is 2.00. The van der Waals surface area contributed by atoms with Gasteiger partial charge in [0.2, 0.25) is 11.9 Å². The summed E-state index contributed by atoms with van der Waals surface area (Å²) in [5, 5.41) is 2.89. The summed E-state index contributed by atoms with van der Waals surface area (Å²) in [7, 11) is 0. The van der Waals surface area contributed by atoms with Crippen LogP contribution in [0, 0.1) is 0 Å². The van der Waals surface area contributed by atoms with Crippen LogP contribution in [0.3, 0.4) is 0 Å². The predicted octanol–water partition coefficient (Wildman–Crippen LogP) is -0.211.